The molecule has 1 amide bonds. The molecular formula is C20H22N4O2. The van der Waals surface area contributed by atoms with Crippen molar-refractivity contribution in [3.8, 4) is 0 Å². The van der Waals surface area contributed by atoms with Gasteiger partial charge in [-0.25, -0.2) is 9.97 Å². The highest BCUT2D eigenvalue weighted by Crippen LogP contribution is 2.26. The van der Waals surface area contributed by atoms with Gasteiger partial charge in [0.2, 0.25) is 0 Å². The fourth-order valence-electron chi connectivity index (χ4n) is 3.61. The van der Waals surface area contributed by atoms with Gasteiger partial charge in [0.05, 0.1) is 24.4 Å². The first-order valence-corrected chi connectivity index (χ1v) is 8.80. The van der Waals surface area contributed by atoms with Crippen LogP contribution in [0, 0.1) is 13.8 Å². The molecule has 1 fully saturated rings. The number of rotatable bonds is 2. The molecule has 0 N–H and O–H groups in total. The van der Waals surface area contributed by atoms with Crippen LogP contribution in [0.15, 0.2) is 36.5 Å². The number of amides is 1. The second-order valence-electron chi connectivity index (χ2n) is 6.76. The van der Waals surface area contributed by atoms with Crippen molar-refractivity contribution in [2.75, 3.05) is 19.7 Å². The lowest BCUT2D eigenvalue weighted by Crippen LogP contribution is -2.42. The zero-order valence-electron chi connectivity index (χ0n) is 15.3. The summed E-state index contributed by atoms with van der Waals surface area (Å²) >= 11 is 0. The van der Waals surface area contributed by atoms with Gasteiger partial charge in [0.25, 0.3) is 5.91 Å². The maximum Gasteiger partial charge on any atom is 0.256 e. The summed E-state index contributed by atoms with van der Waals surface area (Å²) in [5, 5.41) is 0.983. The van der Waals surface area contributed by atoms with Crippen LogP contribution in [0.3, 0.4) is 0 Å². The second-order valence-corrected chi connectivity index (χ2v) is 6.76. The first-order valence-electron chi connectivity index (χ1n) is 8.80. The molecule has 1 aliphatic rings. The minimum Gasteiger partial charge on any atom is -0.368 e. The fraction of sp³-hybridized carbons (Fsp3) is 0.350. The molecular weight excluding hydrogens is 328 g/mol. The maximum absolute atomic E-state index is 13.2. The highest BCUT2D eigenvalue weighted by molar-refractivity contribution is 6.07. The molecule has 0 saturated carbocycles. The number of benzene rings is 1. The molecule has 4 rings (SSSR count). The van der Waals surface area contributed by atoms with Crippen molar-refractivity contribution in [1.29, 1.82) is 0 Å². The molecule has 1 aliphatic heterocycles. The van der Waals surface area contributed by atoms with E-state index in [0.29, 0.717) is 19.7 Å². The number of morpholine rings is 1. The Kier molecular flexibility index (Phi) is 4.20. The molecule has 6 heteroatoms. The lowest BCUT2D eigenvalue weighted by Gasteiger charge is -2.32. The molecule has 1 saturated heterocycles. The summed E-state index contributed by atoms with van der Waals surface area (Å²) in [4.78, 5) is 23.8. The fourth-order valence-corrected chi connectivity index (χ4v) is 3.61. The molecule has 2 aromatic heterocycles. The van der Waals surface area contributed by atoms with Crippen LogP contribution in [0.25, 0.3) is 10.9 Å². The second kappa shape index (κ2) is 6.53. The van der Waals surface area contributed by atoms with Gasteiger partial charge in [0.1, 0.15) is 11.9 Å². The number of fused-ring (bicyclic) bond motifs is 1. The minimum absolute atomic E-state index is 0.0394. The van der Waals surface area contributed by atoms with E-state index >= 15 is 0 Å². The average molecular weight is 350 g/mol. The molecule has 6 nitrogen and oxygen atoms in total. The van der Waals surface area contributed by atoms with Gasteiger partial charge in [-0.2, -0.15) is 0 Å². The quantitative estimate of drug-likeness (QED) is 0.713. The number of ether oxygens (including phenoxy) is 1. The van der Waals surface area contributed by atoms with Crippen molar-refractivity contribution in [3.63, 3.8) is 0 Å². The van der Waals surface area contributed by atoms with Crippen molar-refractivity contribution >= 4 is 16.8 Å². The lowest BCUT2D eigenvalue weighted by atomic mass is 10.1. The Bertz CT molecular complexity index is 959. The Morgan fingerprint density at radius 1 is 1.23 bits per heavy atom. The Morgan fingerprint density at radius 2 is 2.04 bits per heavy atom. The summed E-state index contributed by atoms with van der Waals surface area (Å²) in [5.41, 5.74) is 3.54. The Balaban J connectivity index is 1.62. The number of aromatic nitrogens is 3. The van der Waals surface area contributed by atoms with E-state index in [9.17, 15) is 4.79 Å². The van der Waals surface area contributed by atoms with E-state index in [0.717, 1.165) is 33.7 Å². The van der Waals surface area contributed by atoms with Gasteiger partial charge in [-0.3, -0.25) is 4.79 Å². The predicted molar refractivity (Wildman–Crippen MR) is 99.0 cm³/mol. The van der Waals surface area contributed by atoms with Crippen molar-refractivity contribution in [2.45, 2.75) is 20.0 Å². The van der Waals surface area contributed by atoms with Gasteiger partial charge in [0, 0.05) is 36.4 Å². The number of aryl methyl sites for hydroxylation is 3. The molecule has 134 valence electrons. The standard InChI is InChI=1S/C20H22N4O2/c1-13-10-17(22-14(2)21-13)19-12-24(8-9-26-19)20(25)16-11-23(3)18-7-5-4-6-15(16)18/h4-7,10-11,19H,8-9,12H2,1-3H3/t19-/m1/s1. The third-order valence-corrected chi connectivity index (χ3v) is 4.80. The number of hydrogen-bond donors (Lipinski definition) is 0. The van der Waals surface area contributed by atoms with E-state index in [4.69, 9.17) is 4.74 Å². The van der Waals surface area contributed by atoms with Crippen molar-refractivity contribution in [3.05, 3.63) is 59.3 Å². The maximum atomic E-state index is 13.2. The molecule has 3 aromatic rings. The molecule has 0 radical (unpaired) electrons. The van der Waals surface area contributed by atoms with Gasteiger partial charge in [0.15, 0.2) is 0 Å². The molecule has 26 heavy (non-hydrogen) atoms. The molecule has 3 heterocycles. The van der Waals surface area contributed by atoms with Gasteiger partial charge < -0.3 is 14.2 Å². The molecule has 1 atom stereocenters. The van der Waals surface area contributed by atoms with Gasteiger partial charge in [-0.15, -0.1) is 0 Å². The summed E-state index contributed by atoms with van der Waals surface area (Å²) in [6.45, 7) is 5.40. The largest absolute Gasteiger partial charge is 0.368 e. The summed E-state index contributed by atoms with van der Waals surface area (Å²) in [7, 11) is 1.97. The summed E-state index contributed by atoms with van der Waals surface area (Å²) < 4.78 is 7.89. The van der Waals surface area contributed by atoms with Crippen LogP contribution in [0.4, 0.5) is 0 Å². The normalized spacial score (nSPS) is 17.7. The van der Waals surface area contributed by atoms with Crippen molar-refractivity contribution in [2.24, 2.45) is 7.05 Å². The number of hydrogen-bond acceptors (Lipinski definition) is 4. The minimum atomic E-state index is -0.219. The van der Waals surface area contributed by atoms with Crippen LogP contribution in [-0.4, -0.2) is 45.0 Å². The van der Waals surface area contributed by atoms with Crippen LogP contribution in [0.2, 0.25) is 0 Å². The SMILES string of the molecule is Cc1cc([C@H]2CN(C(=O)c3cn(C)c4ccccc34)CCO2)nc(C)n1. The van der Waals surface area contributed by atoms with Crippen LogP contribution in [0.5, 0.6) is 0 Å². The summed E-state index contributed by atoms with van der Waals surface area (Å²) in [6.07, 6.45) is 1.69. The molecule has 1 aromatic carbocycles. The topological polar surface area (TPSA) is 60.2 Å². The third-order valence-electron chi connectivity index (χ3n) is 4.80. The first kappa shape index (κ1) is 16.7. The van der Waals surface area contributed by atoms with Crippen LogP contribution in [0.1, 0.15) is 33.7 Å². The van der Waals surface area contributed by atoms with Crippen LogP contribution < -0.4 is 0 Å². The van der Waals surface area contributed by atoms with E-state index in [1.807, 2.05) is 66.9 Å². The molecule has 0 bridgehead atoms. The van der Waals surface area contributed by atoms with Crippen molar-refractivity contribution < 1.29 is 9.53 Å². The van der Waals surface area contributed by atoms with E-state index < -0.39 is 0 Å². The van der Waals surface area contributed by atoms with Crippen molar-refractivity contribution in [1.82, 2.24) is 19.4 Å². The predicted octanol–water partition coefficient (Wildman–Crippen LogP) is 2.80. The van der Waals surface area contributed by atoms with Crippen LogP contribution >= 0.6 is 0 Å². The van der Waals surface area contributed by atoms with Crippen LogP contribution in [-0.2, 0) is 11.8 Å². The van der Waals surface area contributed by atoms with Gasteiger partial charge in [-0.1, -0.05) is 18.2 Å². The number of nitrogens with zero attached hydrogens (tertiary/aromatic N) is 4. The number of carbonyl (C=O) groups is 1. The number of carbonyl (C=O) groups excluding carboxylic acids is 1. The molecule has 0 unspecified atom stereocenters. The highest BCUT2D eigenvalue weighted by atomic mass is 16.5. The van der Waals surface area contributed by atoms with Gasteiger partial charge in [-0.05, 0) is 26.0 Å². The number of para-hydroxylation sites is 1. The Morgan fingerprint density at radius 3 is 2.85 bits per heavy atom. The van der Waals surface area contributed by atoms with E-state index in [1.54, 1.807) is 0 Å². The third kappa shape index (κ3) is 2.97. The molecule has 0 aliphatic carbocycles. The van der Waals surface area contributed by atoms with Gasteiger partial charge >= 0.3 is 0 Å². The Hall–Kier alpha value is -2.73. The summed E-state index contributed by atoms with van der Waals surface area (Å²) in [6, 6.07) is 9.91. The monoisotopic (exact) mass is 350 g/mol. The van der Waals surface area contributed by atoms with E-state index in [1.165, 1.54) is 0 Å². The van der Waals surface area contributed by atoms with E-state index in [2.05, 4.69) is 9.97 Å². The zero-order valence-corrected chi connectivity index (χ0v) is 15.3. The molecule has 0 spiro atoms. The summed E-state index contributed by atoms with van der Waals surface area (Å²) in [5.74, 6) is 0.763. The first-order chi connectivity index (χ1) is 12.5. The highest BCUT2D eigenvalue weighted by Gasteiger charge is 2.28. The Labute approximate surface area is 152 Å². The zero-order chi connectivity index (χ0) is 18.3. The smallest absolute Gasteiger partial charge is 0.256 e. The average Bonchev–Trinajstić information content (AvgIpc) is 2.98. The van der Waals surface area contributed by atoms with E-state index in [-0.39, 0.29) is 12.0 Å². The lowest BCUT2D eigenvalue weighted by molar-refractivity contribution is -0.0248.